The molecule has 2 amide bonds. The van der Waals surface area contributed by atoms with Crippen LogP contribution in [0.2, 0.25) is 0 Å². The van der Waals surface area contributed by atoms with Gasteiger partial charge in [-0.15, -0.1) is 0 Å². The summed E-state index contributed by atoms with van der Waals surface area (Å²) in [4.78, 5) is 28.5. The molecule has 0 bridgehead atoms. The van der Waals surface area contributed by atoms with Crippen molar-refractivity contribution in [3.8, 4) is 0 Å². The van der Waals surface area contributed by atoms with Gasteiger partial charge in [0.15, 0.2) is 0 Å². The Morgan fingerprint density at radius 1 is 1.19 bits per heavy atom. The van der Waals surface area contributed by atoms with E-state index in [1.165, 1.54) is 13.0 Å². The van der Waals surface area contributed by atoms with Gasteiger partial charge in [0.2, 0.25) is 0 Å². The fraction of sp³-hybridized carbons (Fsp3) is 0.235. The Morgan fingerprint density at radius 3 is 2.56 bits per heavy atom. The Bertz CT molecular complexity index is 1060. The van der Waals surface area contributed by atoms with Crippen molar-refractivity contribution in [3.05, 3.63) is 53.0 Å². The zero-order valence-corrected chi connectivity index (χ0v) is 15.7. The molecule has 9 nitrogen and oxygen atoms in total. The number of rotatable bonds is 3. The van der Waals surface area contributed by atoms with Gasteiger partial charge in [0.05, 0.1) is 10.5 Å². The molecule has 10 heteroatoms. The number of fused-ring (bicyclic) bond motifs is 1. The molecule has 0 aliphatic carbocycles. The topological polar surface area (TPSA) is 130 Å². The SMILES string of the molecule is Cc1cc(C(=O)NNC(=O)C(C)N=C2NS(=O)(=O)c3ccccc32)c(C)o1. The van der Waals surface area contributed by atoms with Crippen LogP contribution in [0.15, 0.2) is 44.6 Å². The molecule has 142 valence electrons. The first-order valence-corrected chi connectivity index (χ1v) is 9.54. The van der Waals surface area contributed by atoms with Gasteiger partial charge in [-0.05, 0) is 39.0 Å². The van der Waals surface area contributed by atoms with Crippen LogP contribution in [0.3, 0.4) is 0 Å². The molecule has 1 unspecified atom stereocenters. The van der Waals surface area contributed by atoms with Gasteiger partial charge < -0.3 is 4.42 Å². The number of benzene rings is 1. The molecule has 1 aromatic carbocycles. The lowest BCUT2D eigenvalue weighted by molar-refractivity contribution is -0.122. The average molecular weight is 390 g/mol. The number of aliphatic imine (C=N–C) groups is 1. The van der Waals surface area contributed by atoms with E-state index in [-0.39, 0.29) is 10.7 Å². The van der Waals surface area contributed by atoms with Crippen molar-refractivity contribution in [2.24, 2.45) is 4.99 Å². The molecule has 1 aromatic heterocycles. The number of nitrogens with zero attached hydrogens (tertiary/aromatic N) is 1. The molecule has 27 heavy (non-hydrogen) atoms. The van der Waals surface area contributed by atoms with Gasteiger partial charge in [-0.1, -0.05) is 12.1 Å². The Labute approximate surface area is 155 Å². The van der Waals surface area contributed by atoms with Crippen LogP contribution in [-0.2, 0) is 14.8 Å². The maximum Gasteiger partial charge on any atom is 0.273 e. The lowest BCUT2D eigenvalue weighted by Gasteiger charge is -2.10. The molecule has 0 fully saturated rings. The van der Waals surface area contributed by atoms with E-state index >= 15 is 0 Å². The molecular formula is C17H18N4O5S. The van der Waals surface area contributed by atoms with Crippen LogP contribution < -0.4 is 15.6 Å². The standard InChI is InChI=1S/C17H18N4O5S/c1-9-8-13(11(3)26-9)17(23)20-19-16(22)10(2)18-15-12-6-4-5-7-14(12)27(24,25)21-15/h4-8,10H,1-3H3,(H,18,21)(H,19,22)(H,20,23). The summed E-state index contributed by atoms with van der Waals surface area (Å²) in [6, 6.07) is 6.96. The van der Waals surface area contributed by atoms with E-state index in [4.69, 9.17) is 4.42 Å². The van der Waals surface area contributed by atoms with Gasteiger partial charge >= 0.3 is 0 Å². The molecule has 0 saturated carbocycles. The minimum atomic E-state index is -3.68. The number of hydrogen-bond acceptors (Lipinski definition) is 6. The summed E-state index contributed by atoms with van der Waals surface area (Å²) < 4.78 is 31.7. The molecule has 2 heterocycles. The largest absolute Gasteiger partial charge is 0.466 e. The van der Waals surface area contributed by atoms with Crippen molar-refractivity contribution in [2.45, 2.75) is 31.7 Å². The highest BCUT2D eigenvalue weighted by Gasteiger charge is 2.31. The van der Waals surface area contributed by atoms with Gasteiger partial charge in [0.1, 0.15) is 23.4 Å². The van der Waals surface area contributed by atoms with Crippen molar-refractivity contribution in [3.63, 3.8) is 0 Å². The highest BCUT2D eigenvalue weighted by molar-refractivity contribution is 7.90. The summed E-state index contributed by atoms with van der Waals surface area (Å²) in [5.41, 5.74) is 5.26. The van der Waals surface area contributed by atoms with E-state index in [0.29, 0.717) is 22.6 Å². The minimum absolute atomic E-state index is 0.0841. The van der Waals surface area contributed by atoms with Gasteiger partial charge in [0, 0.05) is 5.56 Å². The normalized spacial score (nSPS) is 17.1. The summed E-state index contributed by atoms with van der Waals surface area (Å²) in [6.07, 6.45) is 0. The molecule has 0 spiro atoms. The fourth-order valence-electron chi connectivity index (χ4n) is 2.63. The molecule has 0 radical (unpaired) electrons. The smallest absolute Gasteiger partial charge is 0.273 e. The number of carbonyl (C=O) groups excluding carboxylic acids is 2. The fourth-order valence-corrected chi connectivity index (χ4v) is 3.87. The van der Waals surface area contributed by atoms with E-state index in [1.54, 1.807) is 38.1 Å². The number of amides is 2. The third-order valence-electron chi connectivity index (χ3n) is 3.95. The first-order chi connectivity index (χ1) is 12.7. The van der Waals surface area contributed by atoms with E-state index in [2.05, 4.69) is 20.6 Å². The number of amidine groups is 1. The maximum absolute atomic E-state index is 12.2. The third kappa shape index (κ3) is 3.70. The quantitative estimate of drug-likeness (QED) is 0.667. The molecule has 0 saturated heterocycles. The van der Waals surface area contributed by atoms with Crippen LogP contribution in [-0.4, -0.2) is 32.1 Å². The molecular weight excluding hydrogens is 372 g/mol. The van der Waals surface area contributed by atoms with Gasteiger partial charge in [-0.3, -0.25) is 30.2 Å². The number of hydrogen-bond donors (Lipinski definition) is 3. The van der Waals surface area contributed by atoms with Gasteiger partial charge in [0.25, 0.3) is 21.8 Å². The van der Waals surface area contributed by atoms with Crippen molar-refractivity contribution in [1.29, 1.82) is 0 Å². The van der Waals surface area contributed by atoms with Crippen LogP contribution in [0.1, 0.15) is 34.4 Å². The number of carbonyl (C=O) groups is 2. The van der Waals surface area contributed by atoms with Gasteiger partial charge in [-0.25, -0.2) is 8.42 Å². The number of hydrazine groups is 1. The molecule has 3 rings (SSSR count). The lowest BCUT2D eigenvalue weighted by Crippen LogP contribution is -2.45. The second-order valence-corrected chi connectivity index (χ2v) is 7.68. The number of sulfonamides is 1. The van der Waals surface area contributed by atoms with E-state index in [0.717, 1.165) is 0 Å². The lowest BCUT2D eigenvalue weighted by atomic mass is 10.2. The van der Waals surface area contributed by atoms with Crippen molar-refractivity contribution in [1.82, 2.24) is 15.6 Å². The predicted octanol–water partition coefficient (Wildman–Crippen LogP) is 0.785. The highest BCUT2D eigenvalue weighted by Crippen LogP contribution is 2.22. The maximum atomic E-state index is 12.2. The van der Waals surface area contributed by atoms with Crippen molar-refractivity contribution < 1.29 is 22.4 Å². The molecule has 2 aromatic rings. The predicted molar refractivity (Wildman–Crippen MR) is 96.6 cm³/mol. The zero-order chi connectivity index (χ0) is 19.8. The van der Waals surface area contributed by atoms with E-state index in [9.17, 15) is 18.0 Å². The first-order valence-electron chi connectivity index (χ1n) is 8.06. The summed E-state index contributed by atoms with van der Waals surface area (Å²) in [5.74, 6) is -0.0249. The number of furan rings is 1. The summed E-state index contributed by atoms with van der Waals surface area (Å²) in [5, 5.41) is 0. The molecule has 3 N–H and O–H groups in total. The Morgan fingerprint density at radius 2 is 1.89 bits per heavy atom. The zero-order valence-electron chi connectivity index (χ0n) is 14.9. The van der Waals surface area contributed by atoms with Crippen LogP contribution in [0.4, 0.5) is 0 Å². The second-order valence-electron chi connectivity index (χ2n) is 6.03. The minimum Gasteiger partial charge on any atom is -0.466 e. The molecule has 1 aliphatic rings. The molecule has 1 atom stereocenters. The van der Waals surface area contributed by atoms with E-state index in [1.807, 2.05) is 0 Å². The van der Waals surface area contributed by atoms with Crippen LogP contribution in [0.5, 0.6) is 0 Å². The monoisotopic (exact) mass is 390 g/mol. The number of aryl methyl sites for hydroxylation is 2. The molecule has 1 aliphatic heterocycles. The van der Waals surface area contributed by atoms with Gasteiger partial charge in [-0.2, -0.15) is 0 Å². The Hall–Kier alpha value is -3.14. The Kier molecular flexibility index (Phi) is 4.75. The summed E-state index contributed by atoms with van der Waals surface area (Å²) in [6.45, 7) is 4.83. The summed E-state index contributed by atoms with van der Waals surface area (Å²) >= 11 is 0. The van der Waals surface area contributed by atoms with Crippen molar-refractivity contribution in [2.75, 3.05) is 0 Å². The average Bonchev–Trinajstić information content (AvgIpc) is 3.08. The third-order valence-corrected chi connectivity index (χ3v) is 5.35. The van der Waals surface area contributed by atoms with Crippen molar-refractivity contribution >= 4 is 27.7 Å². The highest BCUT2D eigenvalue weighted by atomic mass is 32.2. The second kappa shape index (κ2) is 6.88. The number of nitrogens with one attached hydrogen (secondary N) is 3. The summed E-state index contributed by atoms with van der Waals surface area (Å²) in [7, 11) is -3.68. The Balaban J connectivity index is 1.69. The van der Waals surface area contributed by atoms with Crippen LogP contribution >= 0.6 is 0 Å². The van der Waals surface area contributed by atoms with Crippen LogP contribution in [0.25, 0.3) is 0 Å². The van der Waals surface area contributed by atoms with Crippen LogP contribution in [0, 0.1) is 13.8 Å². The first kappa shape index (κ1) is 18.6. The van der Waals surface area contributed by atoms with E-state index < -0.39 is 27.9 Å².